The van der Waals surface area contributed by atoms with Crippen molar-refractivity contribution < 1.29 is 9.59 Å². The number of amides is 2. The molecule has 8 heteroatoms. The van der Waals surface area contributed by atoms with Crippen LogP contribution in [-0.4, -0.2) is 58.8 Å². The number of hydrogen-bond acceptors (Lipinski definition) is 7. The second-order valence-electron chi connectivity index (χ2n) is 9.42. The lowest BCUT2D eigenvalue weighted by molar-refractivity contribution is -0.137. The first kappa shape index (κ1) is 22.4. The van der Waals surface area contributed by atoms with E-state index in [9.17, 15) is 9.59 Å². The number of anilines is 1. The molecule has 2 fully saturated rings. The molecule has 33 heavy (non-hydrogen) atoms. The van der Waals surface area contributed by atoms with Crippen molar-refractivity contribution in [1.82, 2.24) is 20.1 Å². The van der Waals surface area contributed by atoms with Crippen LogP contribution in [0.5, 0.6) is 0 Å². The van der Waals surface area contributed by atoms with Gasteiger partial charge in [0.05, 0.1) is 11.4 Å². The Morgan fingerprint density at radius 1 is 1.06 bits per heavy atom. The third-order valence-electron chi connectivity index (χ3n) is 6.97. The zero-order chi connectivity index (χ0) is 23.1. The molecule has 1 N–H and O–H groups in total. The molecule has 174 valence electrons. The average Bonchev–Trinajstić information content (AvgIpc) is 3.09. The number of piperidine rings is 1. The van der Waals surface area contributed by atoms with Crippen molar-refractivity contribution in [2.75, 3.05) is 31.1 Å². The summed E-state index contributed by atoms with van der Waals surface area (Å²) in [6.45, 7) is 9.79. The molecule has 4 heterocycles. The summed E-state index contributed by atoms with van der Waals surface area (Å²) < 4.78 is 0. The van der Waals surface area contributed by atoms with Gasteiger partial charge >= 0.3 is 0 Å². The summed E-state index contributed by atoms with van der Waals surface area (Å²) in [7, 11) is 0. The number of nitrogens with zero attached hydrogens (tertiary/aromatic N) is 4. The molecule has 2 amide bonds. The van der Waals surface area contributed by atoms with Gasteiger partial charge in [-0.1, -0.05) is 18.2 Å². The lowest BCUT2D eigenvalue weighted by Crippen LogP contribution is -2.51. The number of carbonyl (C=O) groups is 2. The normalized spacial score (nSPS) is 24.2. The Morgan fingerprint density at radius 2 is 1.79 bits per heavy atom. The van der Waals surface area contributed by atoms with Crippen molar-refractivity contribution in [3.8, 4) is 0 Å². The summed E-state index contributed by atoms with van der Waals surface area (Å²) in [6.07, 6.45) is 0.947. The van der Waals surface area contributed by atoms with E-state index in [0.29, 0.717) is 19.4 Å². The fourth-order valence-electron chi connectivity index (χ4n) is 5.30. The minimum absolute atomic E-state index is 0.117. The van der Waals surface area contributed by atoms with Crippen molar-refractivity contribution in [2.24, 2.45) is 0 Å². The van der Waals surface area contributed by atoms with E-state index in [2.05, 4.69) is 69.2 Å². The molecule has 0 spiro atoms. The molecule has 2 saturated heterocycles. The zero-order valence-electron chi connectivity index (χ0n) is 19.3. The van der Waals surface area contributed by atoms with Crippen molar-refractivity contribution in [1.29, 1.82) is 0 Å². The van der Waals surface area contributed by atoms with Crippen LogP contribution >= 0.6 is 12.6 Å². The van der Waals surface area contributed by atoms with E-state index in [1.165, 1.54) is 22.4 Å². The highest BCUT2D eigenvalue weighted by Crippen LogP contribution is 2.39. The molecule has 0 aliphatic carbocycles. The van der Waals surface area contributed by atoms with Gasteiger partial charge in [0.15, 0.2) is 0 Å². The molecule has 2 unspecified atom stereocenters. The molecule has 0 saturated carbocycles. The highest BCUT2D eigenvalue weighted by molar-refractivity contribution is 7.80. The standard InChI is InChI=1S/C25H31N5O2S/c1-16-11-20(12-17(2)26-16)29-9-7-28(8-10-29)14-18-3-4-21-19(13-18)15-30(25(21)33)22-5-6-23(31)27-24(22)32/h3-4,11-13,22,25,33H,5-10,14-15H2,1-2H3,(H,27,31,32). The molecule has 5 rings (SSSR count). The van der Waals surface area contributed by atoms with Gasteiger partial charge in [-0.15, -0.1) is 0 Å². The number of hydrogen-bond donors (Lipinski definition) is 2. The monoisotopic (exact) mass is 465 g/mol. The fourth-order valence-corrected chi connectivity index (χ4v) is 5.80. The Morgan fingerprint density at radius 3 is 2.48 bits per heavy atom. The first-order valence-electron chi connectivity index (χ1n) is 11.7. The van der Waals surface area contributed by atoms with Crippen molar-refractivity contribution in [3.05, 3.63) is 58.4 Å². The lowest BCUT2D eigenvalue weighted by atomic mass is 10.0. The number of benzene rings is 1. The van der Waals surface area contributed by atoms with E-state index in [1.54, 1.807) is 0 Å². The van der Waals surface area contributed by atoms with Gasteiger partial charge in [-0.3, -0.25) is 29.7 Å². The number of piperazine rings is 1. The summed E-state index contributed by atoms with van der Waals surface area (Å²) in [5.41, 5.74) is 7.10. The van der Waals surface area contributed by atoms with Crippen LogP contribution in [0.2, 0.25) is 0 Å². The summed E-state index contributed by atoms with van der Waals surface area (Å²) >= 11 is 4.80. The quantitative estimate of drug-likeness (QED) is 0.534. The molecular formula is C25H31N5O2S. The predicted molar refractivity (Wildman–Crippen MR) is 131 cm³/mol. The van der Waals surface area contributed by atoms with Crippen LogP contribution in [0.25, 0.3) is 0 Å². The fraction of sp³-hybridized carbons (Fsp3) is 0.480. The van der Waals surface area contributed by atoms with E-state index < -0.39 is 0 Å². The number of aryl methyl sites for hydroxylation is 2. The Hall–Kier alpha value is -2.42. The van der Waals surface area contributed by atoms with Gasteiger partial charge in [-0.2, -0.15) is 12.6 Å². The van der Waals surface area contributed by atoms with Crippen LogP contribution in [0, 0.1) is 13.8 Å². The summed E-state index contributed by atoms with van der Waals surface area (Å²) in [5.74, 6) is -0.379. The van der Waals surface area contributed by atoms with Crippen LogP contribution in [0.1, 0.15) is 46.3 Å². The number of rotatable bonds is 4. The molecule has 0 bridgehead atoms. The van der Waals surface area contributed by atoms with E-state index in [1.807, 2.05) is 0 Å². The van der Waals surface area contributed by atoms with E-state index in [-0.39, 0.29) is 23.2 Å². The molecule has 1 aromatic heterocycles. The topological polar surface area (TPSA) is 68.8 Å². The van der Waals surface area contributed by atoms with E-state index in [0.717, 1.165) is 44.1 Å². The minimum Gasteiger partial charge on any atom is -0.369 e. The number of pyridine rings is 1. The van der Waals surface area contributed by atoms with Crippen LogP contribution in [-0.2, 0) is 22.7 Å². The molecule has 1 aromatic carbocycles. The van der Waals surface area contributed by atoms with Crippen molar-refractivity contribution >= 4 is 30.1 Å². The molecule has 2 aromatic rings. The second kappa shape index (κ2) is 9.08. The average molecular weight is 466 g/mol. The Balaban J connectivity index is 1.21. The Bertz CT molecular complexity index is 1060. The highest BCUT2D eigenvalue weighted by atomic mass is 32.1. The smallest absolute Gasteiger partial charge is 0.243 e. The van der Waals surface area contributed by atoms with Gasteiger partial charge < -0.3 is 4.90 Å². The first-order valence-corrected chi connectivity index (χ1v) is 12.2. The van der Waals surface area contributed by atoms with E-state index >= 15 is 0 Å². The summed E-state index contributed by atoms with van der Waals surface area (Å²) in [4.78, 5) is 35.4. The van der Waals surface area contributed by atoms with Gasteiger partial charge in [0, 0.05) is 62.8 Å². The third kappa shape index (κ3) is 4.65. The molecule has 7 nitrogen and oxygen atoms in total. The Labute approximate surface area is 200 Å². The van der Waals surface area contributed by atoms with Gasteiger partial charge in [-0.25, -0.2) is 0 Å². The maximum absolute atomic E-state index is 12.4. The third-order valence-corrected chi connectivity index (χ3v) is 7.55. The van der Waals surface area contributed by atoms with Crippen LogP contribution in [0.3, 0.4) is 0 Å². The molecule has 3 aliphatic rings. The lowest BCUT2D eigenvalue weighted by Gasteiger charge is -2.36. The predicted octanol–water partition coefficient (Wildman–Crippen LogP) is 2.57. The summed E-state index contributed by atoms with van der Waals surface area (Å²) in [6, 6.07) is 10.7. The highest BCUT2D eigenvalue weighted by Gasteiger charge is 2.39. The largest absolute Gasteiger partial charge is 0.369 e. The van der Waals surface area contributed by atoms with Crippen molar-refractivity contribution in [3.63, 3.8) is 0 Å². The maximum Gasteiger partial charge on any atom is 0.243 e. The first-order chi connectivity index (χ1) is 15.9. The van der Waals surface area contributed by atoms with E-state index in [4.69, 9.17) is 12.6 Å². The Kier molecular flexibility index (Phi) is 6.16. The van der Waals surface area contributed by atoms with Gasteiger partial charge in [0.25, 0.3) is 0 Å². The maximum atomic E-state index is 12.4. The number of imide groups is 1. The molecule has 2 atom stereocenters. The second-order valence-corrected chi connectivity index (χ2v) is 9.91. The van der Waals surface area contributed by atoms with Crippen molar-refractivity contribution in [2.45, 2.75) is 51.2 Å². The molecule has 3 aliphatic heterocycles. The number of nitrogens with one attached hydrogen (secondary N) is 1. The van der Waals surface area contributed by atoms with Gasteiger partial charge in [0.1, 0.15) is 0 Å². The summed E-state index contributed by atoms with van der Waals surface area (Å²) in [5, 5.41) is 2.36. The number of fused-ring (bicyclic) bond motifs is 1. The zero-order valence-corrected chi connectivity index (χ0v) is 20.1. The minimum atomic E-state index is -0.297. The number of thiol groups is 1. The SMILES string of the molecule is Cc1cc(N2CCN(Cc3ccc4c(c3)CN(C3CCC(=O)NC3=O)C4S)CC2)cc(C)n1. The van der Waals surface area contributed by atoms with Gasteiger partial charge in [0.2, 0.25) is 11.8 Å². The molecule has 0 radical (unpaired) electrons. The van der Waals surface area contributed by atoms with Crippen LogP contribution < -0.4 is 10.2 Å². The molecular weight excluding hydrogens is 434 g/mol. The van der Waals surface area contributed by atoms with Gasteiger partial charge in [-0.05, 0) is 49.1 Å². The number of carbonyl (C=O) groups excluding carboxylic acids is 2. The van der Waals surface area contributed by atoms with Crippen LogP contribution in [0.4, 0.5) is 5.69 Å². The number of aromatic nitrogens is 1. The van der Waals surface area contributed by atoms with Crippen LogP contribution in [0.15, 0.2) is 30.3 Å².